The average molecular weight is 275 g/mol. The molecule has 0 saturated carbocycles. The molecule has 1 aliphatic rings. The van der Waals surface area contributed by atoms with E-state index in [1.807, 2.05) is 36.0 Å². The Kier molecular flexibility index (Phi) is 4.88. The van der Waals surface area contributed by atoms with Crippen molar-refractivity contribution in [2.45, 2.75) is 32.1 Å². The lowest BCUT2D eigenvalue weighted by Gasteiger charge is -2.27. The van der Waals surface area contributed by atoms with Crippen molar-refractivity contribution in [1.29, 1.82) is 0 Å². The van der Waals surface area contributed by atoms with Crippen molar-refractivity contribution in [3.63, 3.8) is 0 Å². The molecule has 0 spiro atoms. The fourth-order valence-electron chi connectivity index (χ4n) is 2.74. The van der Waals surface area contributed by atoms with Crippen LogP contribution in [0.2, 0.25) is 0 Å². The van der Waals surface area contributed by atoms with Crippen molar-refractivity contribution in [1.82, 2.24) is 4.90 Å². The maximum Gasteiger partial charge on any atom is 0.256 e. The summed E-state index contributed by atoms with van der Waals surface area (Å²) in [6, 6.07) is 5.57. The summed E-state index contributed by atoms with van der Waals surface area (Å²) in [5.41, 5.74) is 8.16. The molecule has 1 aromatic carbocycles. The zero-order valence-corrected chi connectivity index (χ0v) is 12.6. The highest BCUT2D eigenvalue weighted by molar-refractivity contribution is 6.00. The monoisotopic (exact) mass is 275 g/mol. The predicted molar refractivity (Wildman–Crippen MR) is 84.2 cm³/mol. The number of benzene rings is 1. The molecule has 0 aromatic heterocycles. The van der Waals surface area contributed by atoms with Crippen LogP contribution in [0, 0.1) is 0 Å². The molecule has 0 unspecified atom stereocenters. The van der Waals surface area contributed by atoms with Gasteiger partial charge in [0, 0.05) is 38.6 Å². The van der Waals surface area contributed by atoms with Gasteiger partial charge in [0.1, 0.15) is 0 Å². The molecule has 1 aromatic rings. The zero-order chi connectivity index (χ0) is 14.5. The number of nitrogens with zero attached hydrogens (tertiary/aromatic N) is 2. The lowest BCUT2D eigenvalue weighted by atomic mass is 10.1. The van der Waals surface area contributed by atoms with E-state index in [2.05, 4.69) is 0 Å². The average Bonchev–Trinajstić information content (AvgIpc) is 2.37. The lowest BCUT2D eigenvalue weighted by molar-refractivity contribution is 0.0743. The van der Waals surface area contributed by atoms with Gasteiger partial charge in [-0.05, 0) is 31.0 Å². The lowest BCUT2D eigenvalue weighted by Crippen LogP contribution is -2.34. The number of carbonyl (C=O) groups excluding carboxylic acids is 1. The standard InChI is InChI=1S/C16H25N3O/c1-18(2)15-9-8-13(17)12-14(15)16(20)19-10-6-4-3-5-7-11-19/h8-9,12H,3-7,10-11,17H2,1-2H3. The molecule has 1 saturated heterocycles. The Labute approximate surface area is 121 Å². The highest BCUT2D eigenvalue weighted by Gasteiger charge is 2.20. The summed E-state index contributed by atoms with van der Waals surface area (Å²) in [6.07, 6.45) is 5.95. The van der Waals surface area contributed by atoms with Gasteiger partial charge in [0.25, 0.3) is 5.91 Å². The van der Waals surface area contributed by atoms with Crippen LogP contribution in [0.3, 0.4) is 0 Å². The van der Waals surface area contributed by atoms with Gasteiger partial charge in [0.05, 0.1) is 5.56 Å². The Bertz CT molecular complexity index is 463. The summed E-state index contributed by atoms with van der Waals surface area (Å²) >= 11 is 0. The summed E-state index contributed by atoms with van der Waals surface area (Å²) in [5.74, 6) is 0.114. The molecule has 110 valence electrons. The first-order valence-corrected chi connectivity index (χ1v) is 7.45. The van der Waals surface area contributed by atoms with Crippen LogP contribution in [-0.2, 0) is 0 Å². The molecule has 0 radical (unpaired) electrons. The van der Waals surface area contributed by atoms with E-state index in [4.69, 9.17) is 5.73 Å². The normalized spacial score (nSPS) is 16.4. The van der Waals surface area contributed by atoms with Crippen molar-refractivity contribution >= 4 is 17.3 Å². The largest absolute Gasteiger partial charge is 0.399 e. The number of hydrogen-bond donors (Lipinski definition) is 1. The van der Waals surface area contributed by atoms with Gasteiger partial charge in [-0.25, -0.2) is 0 Å². The van der Waals surface area contributed by atoms with Gasteiger partial charge in [-0.15, -0.1) is 0 Å². The number of nitrogen functional groups attached to an aromatic ring is 1. The molecule has 2 N–H and O–H groups in total. The van der Waals surface area contributed by atoms with Crippen LogP contribution in [0.5, 0.6) is 0 Å². The van der Waals surface area contributed by atoms with E-state index in [1.165, 1.54) is 19.3 Å². The molecular formula is C16H25N3O. The number of anilines is 2. The molecule has 0 aliphatic carbocycles. The van der Waals surface area contributed by atoms with Crippen molar-refractivity contribution in [3.8, 4) is 0 Å². The van der Waals surface area contributed by atoms with E-state index in [9.17, 15) is 4.79 Å². The van der Waals surface area contributed by atoms with Gasteiger partial charge in [0.2, 0.25) is 0 Å². The highest BCUT2D eigenvalue weighted by atomic mass is 16.2. The summed E-state index contributed by atoms with van der Waals surface area (Å²) < 4.78 is 0. The Balaban J connectivity index is 2.24. The van der Waals surface area contributed by atoms with Crippen molar-refractivity contribution in [3.05, 3.63) is 23.8 Å². The summed E-state index contributed by atoms with van der Waals surface area (Å²) in [4.78, 5) is 16.7. The molecule has 4 heteroatoms. The number of nitrogens with two attached hydrogens (primary N) is 1. The second-order valence-electron chi connectivity index (χ2n) is 5.73. The van der Waals surface area contributed by atoms with Crippen LogP contribution in [0.15, 0.2) is 18.2 Å². The fraction of sp³-hybridized carbons (Fsp3) is 0.562. The van der Waals surface area contributed by atoms with Gasteiger partial charge in [-0.3, -0.25) is 4.79 Å². The summed E-state index contributed by atoms with van der Waals surface area (Å²) in [7, 11) is 3.91. The predicted octanol–water partition coefficient (Wildman–Crippen LogP) is 2.74. The minimum Gasteiger partial charge on any atom is -0.399 e. The smallest absolute Gasteiger partial charge is 0.256 e. The van der Waals surface area contributed by atoms with E-state index in [0.29, 0.717) is 5.69 Å². The number of amides is 1. The Morgan fingerprint density at radius 1 is 1.10 bits per heavy atom. The number of hydrogen-bond acceptors (Lipinski definition) is 3. The van der Waals surface area contributed by atoms with Crippen molar-refractivity contribution in [2.24, 2.45) is 0 Å². The van der Waals surface area contributed by atoms with Gasteiger partial charge >= 0.3 is 0 Å². The van der Waals surface area contributed by atoms with Gasteiger partial charge in [-0.1, -0.05) is 19.3 Å². The third-order valence-electron chi connectivity index (χ3n) is 3.88. The fourth-order valence-corrected chi connectivity index (χ4v) is 2.74. The first-order chi connectivity index (χ1) is 9.59. The van der Waals surface area contributed by atoms with E-state index in [-0.39, 0.29) is 5.91 Å². The first-order valence-electron chi connectivity index (χ1n) is 7.45. The van der Waals surface area contributed by atoms with Gasteiger partial charge in [0.15, 0.2) is 0 Å². The Morgan fingerprint density at radius 2 is 1.70 bits per heavy atom. The van der Waals surface area contributed by atoms with Crippen LogP contribution in [0.1, 0.15) is 42.5 Å². The maximum atomic E-state index is 12.8. The third-order valence-corrected chi connectivity index (χ3v) is 3.88. The van der Waals surface area contributed by atoms with E-state index >= 15 is 0 Å². The van der Waals surface area contributed by atoms with E-state index < -0.39 is 0 Å². The van der Waals surface area contributed by atoms with E-state index in [0.717, 1.165) is 37.2 Å². The second kappa shape index (κ2) is 6.64. The van der Waals surface area contributed by atoms with Crippen LogP contribution in [0.25, 0.3) is 0 Å². The van der Waals surface area contributed by atoms with Gasteiger partial charge in [-0.2, -0.15) is 0 Å². The number of likely N-dealkylation sites (tertiary alicyclic amines) is 1. The van der Waals surface area contributed by atoms with Gasteiger partial charge < -0.3 is 15.5 Å². The van der Waals surface area contributed by atoms with Crippen LogP contribution >= 0.6 is 0 Å². The first kappa shape index (κ1) is 14.7. The minimum absolute atomic E-state index is 0.114. The Hall–Kier alpha value is -1.71. The summed E-state index contributed by atoms with van der Waals surface area (Å²) in [6.45, 7) is 1.72. The zero-order valence-electron chi connectivity index (χ0n) is 12.6. The molecule has 1 aliphatic heterocycles. The maximum absolute atomic E-state index is 12.8. The quantitative estimate of drug-likeness (QED) is 0.844. The SMILES string of the molecule is CN(C)c1ccc(N)cc1C(=O)N1CCCCCCC1. The number of carbonyl (C=O) groups is 1. The van der Waals surface area contributed by atoms with Crippen molar-refractivity contribution < 1.29 is 4.79 Å². The van der Waals surface area contributed by atoms with E-state index in [1.54, 1.807) is 6.07 Å². The summed E-state index contributed by atoms with van der Waals surface area (Å²) in [5, 5.41) is 0. The third kappa shape index (κ3) is 3.44. The second-order valence-corrected chi connectivity index (χ2v) is 5.73. The molecule has 1 fully saturated rings. The minimum atomic E-state index is 0.114. The van der Waals surface area contributed by atoms with Crippen LogP contribution < -0.4 is 10.6 Å². The molecule has 4 nitrogen and oxygen atoms in total. The number of rotatable bonds is 2. The molecule has 0 bridgehead atoms. The molecular weight excluding hydrogens is 250 g/mol. The van der Waals surface area contributed by atoms with Crippen LogP contribution in [0.4, 0.5) is 11.4 Å². The molecule has 1 heterocycles. The molecule has 0 atom stereocenters. The Morgan fingerprint density at radius 3 is 2.30 bits per heavy atom. The topological polar surface area (TPSA) is 49.6 Å². The molecule has 20 heavy (non-hydrogen) atoms. The molecule has 1 amide bonds. The molecule has 2 rings (SSSR count). The van der Waals surface area contributed by atoms with Crippen molar-refractivity contribution in [2.75, 3.05) is 37.8 Å². The van der Waals surface area contributed by atoms with Crippen LogP contribution in [-0.4, -0.2) is 38.0 Å². The highest BCUT2D eigenvalue weighted by Crippen LogP contribution is 2.24.